The fourth-order valence-corrected chi connectivity index (χ4v) is 2.01. The molecule has 14 heavy (non-hydrogen) atoms. The lowest BCUT2D eigenvalue weighted by molar-refractivity contribution is 0.105. The summed E-state index contributed by atoms with van der Waals surface area (Å²) >= 11 is 0. The maximum Gasteiger partial charge on any atom is 0.137 e. The lowest BCUT2D eigenvalue weighted by Gasteiger charge is -2.17. The molecule has 4 heteroatoms. The first-order valence-corrected chi connectivity index (χ1v) is 5.22. The third-order valence-corrected chi connectivity index (χ3v) is 2.90. The maximum atomic E-state index is 10.1. The zero-order valence-corrected chi connectivity index (χ0v) is 8.48. The van der Waals surface area contributed by atoms with Crippen molar-refractivity contribution in [1.29, 1.82) is 0 Å². The number of aliphatic hydroxyl groups excluding tert-OH is 1. The van der Waals surface area contributed by atoms with Crippen molar-refractivity contribution in [3.05, 3.63) is 18.2 Å². The van der Waals surface area contributed by atoms with Crippen LogP contribution >= 0.6 is 0 Å². The summed E-state index contributed by atoms with van der Waals surface area (Å²) in [5.74, 6) is 1.13. The zero-order valence-electron chi connectivity index (χ0n) is 8.48. The SMILES string of the molecule is CCn1ccnc1C(O)C1CCNC1. The molecule has 1 aromatic rings. The monoisotopic (exact) mass is 195 g/mol. The topological polar surface area (TPSA) is 50.1 Å². The second-order valence-corrected chi connectivity index (χ2v) is 3.77. The molecule has 0 aromatic carbocycles. The largest absolute Gasteiger partial charge is 0.385 e. The first kappa shape index (κ1) is 9.68. The Morgan fingerprint density at radius 2 is 2.64 bits per heavy atom. The number of hydrogen-bond donors (Lipinski definition) is 2. The van der Waals surface area contributed by atoms with Crippen molar-refractivity contribution in [2.75, 3.05) is 13.1 Å². The van der Waals surface area contributed by atoms with Gasteiger partial charge in [-0.3, -0.25) is 0 Å². The number of nitrogens with one attached hydrogen (secondary N) is 1. The van der Waals surface area contributed by atoms with E-state index in [1.54, 1.807) is 6.20 Å². The van der Waals surface area contributed by atoms with E-state index in [0.29, 0.717) is 5.92 Å². The van der Waals surface area contributed by atoms with Crippen molar-refractivity contribution >= 4 is 0 Å². The number of aryl methyl sites for hydroxylation is 1. The van der Waals surface area contributed by atoms with Gasteiger partial charge >= 0.3 is 0 Å². The van der Waals surface area contributed by atoms with Gasteiger partial charge in [0.15, 0.2) is 0 Å². The summed E-state index contributed by atoms with van der Waals surface area (Å²) in [7, 11) is 0. The highest BCUT2D eigenvalue weighted by Crippen LogP contribution is 2.25. The van der Waals surface area contributed by atoms with Gasteiger partial charge in [-0.2, -0.15) is 0 Å². The Morgan fingerprint density at radius 3 is 3.29 bits per heavy atom. The maximum absolute atomic E-state index is 10.1. The number of imidazole rings is 1. The van der Waals surface area contributed by atoms with Gasteiger partial charge in [0.05, 0.1) is 0 Å². The van der Waals surface area contributed by atoms with Crippen molar-refractivity contribution in [3.63, 3.8) is 0 Å². The quantitative estimate of drug-likeness (QED) is 0.740. The van der Waals surface area contributed by atoms with Crippen LogP contribution in [-0.2, 0) is 6.54 Å². The molecule has 0 aliphatic carbocycles. The Morgan fingerprint density at radius 1 is 1.79 bits per heavy atom. The molecule has 2 atom stereocenters. The predicted molar refractivity (Wildman–Crippen MR) is 53.8 cm³/mol. The van der Waals surface area contributed by atoms with Crippen molar-refractivity contribution in [1.82, 2.24) is 14.9 Å². The minimum atomic E-state index is -0.417. The van der Waals surface area contributed by atoms with Crippen LogP contribution in [0.15, 0.2) is 12.4 Å². The smallest absolute Gasteiger partial charge is 0.137 e. The highest BCUT2D eigenvalue weighted by Gasteiger charge is 2.26. The minimum Gasteiger partial charge on any atom is -0.385 e. The van der Waals surface area contributed by atoms with Crippen molar-refractivity contribution in [2.24, 2.45) is 5.92 Å². The summed E-state index contributed by atoms with van der Waals surface area (Å²) in [5, 5.41) is 13.4. The number of rotatable bonds is 3. The Balaban J connectivity index is 2.12. The molecule has 1 fully saturated rings. The molecule has 0 radical (unpaired) electrons. The molecule has 2 N–H and O–H groups in total. The van der Waals surface area contributed by atoms with Crippen LogP contribution in [0.3, 0.4) is 0 Å². The standard InChI is InChI=1S/C10H17N3O/c1-2-13-6-5-12-10(13)9(14)8-3-4-11-7-8/h5-6,8-9,11,14H,2-4,7H2,1H3. The Bertz CT molecular complexity index is 291. The molecule has 1 aliphatic rings. The molecule has 0 amide bonds. The molecular weight excluding hydrogens is 178 g/mol. The molecule has 0 saturated carbocycles. The molecule has 78 valence electrons. The van der Waals surface area contributed by atoms with Crippen LogP contribution in [0.2, 0.25) is 0 Å². The molecule has 2 unspecified atom stereocenters. The van der Waals surface area contributed by atoms with Crippen LogP contribution in [0.4, 0.5) is 0 Å². The summed E-state index contributed by atoms with van der Waals surface area (Å²) in [6, 6.07) is 0. The molecular formula is C10H17N3O. The number of nitrogens with zero attached hydrogens (tertiary/aromatic N) is 2. The third-order valence-electron chi connectivity index (χ3n) is 2.90. The Labute approximate surface area is 84.0 Å². The van der Waals surface area contributed by atoms with Crippen LogP contribution in [0.25, 0.3) is 0 Å². The lowest BCUT2D eigenvalue weighted by Crippen LogP contribution is -2.19. The fraction of sp³-hybridized carbons (Fsp3) is 0.700. The molecule has 4 nitrogen and oxygen atoms in total. The first-order chi connectivity index (χ1) is 6.83. The van der Waals surface area contributed by atoms with E-state index < -0.39 is 6.10 Å². The molecule has 2 heterocycles. The van der Waals surface area contributed by atoms with Gasteiger partial charge in [0.1, 0.15) is 11.9 Å². The van der Waals surface area contributed by atoms with Gasteiger partial charge in [-0.15, -0.1) is 0 Å². The lowest BCUT2D eigenvalue weighted by atomic mass is 10.0. The van der Waals surface area contributed by atoms with E-state index in [1.807, 2.05) is 10.8 Å². The molecule has 1 aromatic heterocycles. The molecule has 2 rings (SSSR count). The number of aromatic nitrogens is 2. The van der Waals surface area contributed by atoms with Crippen LogP contribution in [0, 0.1) is 5.92 Å². The summed E-state index contributed by atoms with van der Waals surface area (Å²) < 4.78 is 2.00. The summed E-state index contributed by atoms with van der Waals surface area (Å²) in [6.07, 6.45) is 4.29. The van der Waals surface area contributed by atoms with Gasteiger partial charge in [0.2, 0.25) is 0 Å². The van der Waals surface area contributed by atoms with Crippen molar-refractivity contribution in [2.45, 2.75) is 26.0 Å². The van der Waals surface area contributed by atoms with Gasteiger partial charge in [-0.25, -0.2) is 4.98 Å². The van der Waals surface area contributed by atoms with Gasteiger partial charge in [-0.05, 0) is 19.9 Å². The first-order valence-electron chi connectivity index (χ1n) is 5.22. The minimum absolute atomic E-state index is 0.322. The second-order valence-electron chi connectivity index (χ2n) is 3.77. The highest BCUT2D eigenvalue weighted by molar-refractivity contribution is 4.99. The van der Waals surface area contributed by atoms with E-state index in [9.17, 15) is 5.11 Å². The fourth-order valence-electron chi connectivity index (χ4n) is 2.01. The van der Waals surface area contributed by atoms with Crippen LogP contribution in [0.1, 0.15) is 25.3 Å². The molecule has 0 bridgehead atoms. The van der Waals surface area contributed by atoms with Crippen LogP contribution in [0.5, 0.6) is 0 Å². The molecule has 1 saturated heterocycles. The van der Waals surface area contributed by atoms with Crippen molar-refractivity contribution < 1.29 is 5.11 Å². The molecule has 0 spiro atoms. The van der Waals surface area contributed by atoms with Gasteiger partial charge in [0, 0.05) is 31.4 Å². The van der Waals surface area contributed by atoms with Crippen molar-refractivity contribution in [3.8, 4) is 0 Å². The summed E-state index contributed by atoms with van der Waals surface area (Å²) in [6.45, 7) is 4.84. The van der Waals surface area contributed by atoms with E-state index in [0.717, 1.165) is 31.9 Å². The number of hydrogen-bond acceptors (Lipinski definition) is 3. The van der Waals surface area contributed by atoms with Gasteiger partial charge in [0.25, 0.3) is 0 Å². The van der Waals surface area contributed by atoms with E-state index in [4.69, 9.17) is 0 Å². The number of aliphatic hydroxyl groups is 1. The second kappa shape index (κ2) is 4.11. The predicted octanol–water partition coefficient (Wildman–Crippen LogP) is 0.546. The summed E-state index contributed by atoms with van der Waals surface area (Å²) in [4.78, 5) is 4.22. The zero-order chi connectivity index (χ0) is 9.97. The van der Waals surface area contributed by atoms with E-state index in [-0.39, 0.29) is 0 Å². The van der Waals surface area contributed by atoms with E-state index >= 15 is 0 Å². The Hall–Kier alpha value is -0.870. The van der Waals surface area contributed by atoms with E-state index in [1.165, 1.54) is 0 Å². The average Bonchev–Trinajstić information content (AvgIpc) is 2.87. The van der Waals surface area contributed by atoms with Crippen LogP contribution in [-0.4, -0.2) is 27.7 Å². The van der Waals surface area contributed by atoms with E-state index in [2.05, 4.69) is 17.2 Å². The third kappa shape index (κ3) is 1.67. The molecule has 1 aliphatic heterocycles. The Kier molecular flexibility index (Phi) is 2.84. The van der Waals surface area contributed by atoms with Gasteiger partial charge in [-0.1, -0.05) is 0 Å². The summed E-state index contributed by atoms with van der Waals surface area (Å²) in [5.41, 5.74) is 0. The normalized spacial score (nSPS) is 24.0. The van der Waals surface area contributed by atoms with Gasteiger partial charge < -0.3 is 15.0 Å². The van der Waals surface area contributed by atoms with Crippen LogP contribution < -0.4 is 5.32 Å². The average molecular weight is 195 g/mol. The highest BCUT2D eigenvalue weighted by atomic mass is 16.3.